The van der Waals surface area contributed by atoms with Crippen LogP contribution in [-0.2, 0) is 11.3 Å². The number of amides is 1. The van der Waals surface area contributed by atoms with Crippen molar-refractivity contribution in [1.29, 1.82) is 0 Å². The Balaban J connectivity index is 2.23. The fourth-order valence-electron chi connectivity index (χ4n) is 1.03. The van der Waals surface area contributed by atoms with Crippen LogP contribution in [0.1, 0.15) is 19.8 Å². The van der Waals surface area contributed by atoms with Crippen LogP contribution in [-0.4, -0.2) is 22.2 Å². The maximum atomic E-state index is 11.2. The lowest BCUT2D eigenvalue weighted by Crippen LogP contribution is -2.25. The third kappa shape index (κ3) is 4.08. The van der Waals surface area contributed by atoms with Crippen LogP contribution in [0, 0.1) is 3.57 Å². The van der Waals surface area contributed by atoms with Crippen molar-refractivity contribution in [2.24, 2.45) is 0 Å². The molecule has 1 aromatic rings. The summed E-state index contributed by atoms with van der Waals surface area (Å²) in [7, 11) is 0. The fourth-order valence-corrected chi connectivity index (χ4v) is 1.48. The van der Waals surface area contributed by atoms with E-state index in [0.717, 1.165) is 16.5 Å². The van der Waals surface area contributed by atoms with Gasteiger partial charge in [0.2, 0.25) is 5.91 Å². The van der Waals surface area contributed by atoms with Crippen LogP contribution in [0.3, 0.4) is 0 Å². The van der Waals surface area contributed by atoms with Gasteiger partial charge in [-0.05, 0) is 29.0 Å². The van der Waals surface area contributed by atoms with Gasteiger partial charge in [-0.3, -0.25) is 9.48 Å². The van der Waals surface area contributed by atoms with E-state index < -0.39 is 0 Å². The van der Waals surface area contributed by atoms with E-state index in [2.05, 4.69) is 33.0 Å². The second-order valence-electron chi connectivity index (χ2n) is 3.02. The Hall–Kier alpha value is -0.590. The maximum absolute atomic E-state index is 11.2. The number of carbonyl (C=O) groups excluding carboxylic acids is 1. The average molecular weight is 307 g/mol. The third-order valence-electron chi connectivity index (χ3n) is 1.74. The molecule has 0 saturated carbocycles. The van der Waals surface area contributed by atoms with Gasteiger partial charge >= 0.3 is 0 Å². The lowest BCUT2D eigenvalue weighted by molar-refractivity contribution is -0.121. The first kappa shape index (κ1) is 11.5. The van der Waals surface area contributed by atoms with E-state index in [0.29, 0.717) is 13.0 Å². The van der Waals surface area contributed by atoms with Crippen LogP contribution in [0.25, 0.3) is 0 Å². The number of nitrogens with zero attached hydrogens (tertiary/aromatic N) is 2. The minimum atomic E-state index is 0.0948. The van der Waals surface area contributed by atoms with Crippen molar-refractivity contribution >= 4 is 28.5 Å². The zero-order valence-corrected chi connectivity index (χ0v) is 10.3. The SMILES string of the molecule is CCCNC(=O)CCn1cc(I)cn1. The van der Waals surface area contributed by atoms with Gasteiger partial charge < -0.3 is 5.32 Å². The molecule has 0 bridgehead atoms. The number of hydrogen-bond donors (Lipinski definition) is 1. The number of rotatable bonds is 5. The summed E-state index contributed by atoms with van der Waals surface area (Å²) in [5.74, 6) is 0.0948. The van der Waals surface area contributed by atoms with Crippen molar-refractivity contribution in [1.82, 2.24) is 15.1 Å². The van der Waals surface area contributed by atoms with Gasteiger partial charge in [0.1, 0.15) is 0 Å². The Morgan fingerprint density at radius 3 is 3.07 bits per heavy atom. The Labute approximate surface area is 97.2 Å². The molecule has 0 saturated heterocycles. The number of hydrogen-bond acceptors (Lipinski definition) is 2. The molecule has 14 heavy (non-hydrogen) atoms. The molecule has 0 spiro atoms. The summed E-state index contributed by atoms with van der Waals surface area (Å²) < 4.78 is 2.88. The molecule has 1 heterocycles. The summed E-state index contributed by atoms with van der Waals surface area (Å²) >= 11 is 2.20. The van der Waals surface area contributed by atoms with Crippen LogP contribution in [0.15, 0.2) is 12.4 Å². The highest BCUT2D eigenvalue weighted by atomic mass is 127. The molecule has 4 nitrogen and oxygen atoms in total. The van der Waals surface area contributed by atoms with Gasteiger partial charge in [-0.15, -0.1) is 0 Å². The molecular weight excluding hydrogens is 293 g/mol. The largest absolute Gasteiger partial charge is 0.356 e. The van der Waals surface area contributed by atoms with E-state index in [1.165, 1.54) is 0 Å². The first-order valence-electron chi connectivity index (χ1n) is 4.67. The molecule has 0 unspecified atom stereocenters. The number of carbonyl (C=O) groups is 1. The van der Waals surface area contributed by atoms with Crippen molar-refractivity contribution in [3.8, 4) is 0 Å². The molecule has 0 fully saturated rings. The lowest BCUT2D eigenvalue weighted by Gasteiger charge is -2.03. The topological polar surface area (TPSA) is 46.9 Å². The van der Waals surface area contributed by atoms with Gasteiger partial charge in [-0.2, -0.15) is 5.10 Å². The molecule has 0 aliphatic carbocycles. The van der Waals surface area contributed by atoms with Crippen molar-refractivity contribution in [2.75, 3.05) is 6.54 Å². The molecule has 1 N–H and O–H groups in total. The molecule has 78 valence electrons. The number of halogens is 1. The molecule has 5 heteroatoms. The van der Waals surface area contributed by atoms with E-state index in [1.807, 2.05) is 13.1 Å². The van der Waals surface area contributed by atoms with Crippen molar-refractivity contribution < 1.29 is 4.79 Å². The van der Waals surface area contributed by atoms with Crippen LogP contribution >= 0.6 is 22.6 Å². The predicted octanol–water partition coefficient (Wildman–Crippen LogP) is 1.40. The molecule has 0 aromatic carbocycles. The maximum Gasteiger partial charge on any atom is 0.221 e. The molecule has 0 aliphatic rings. The van der Waals surface area contributed by atoms with Crippen LogP contribution < -0.4 is 5.32 Å². The van der Waals surface area contributed by atoms with Gasteiger partial charge in [0, 0.05) is 25.7 Å². The summed E-state index contributed by atoms with van der Waals surface area (Å²) in [5, 5.41) is 6.92. The molecule has 1 amide bonds. The van der Waals surface area contributed by atoms with Gasteiger partial charge in [0.25, 0.3) is 0 Å². The van der Waals surface area contributed by atoms with Crippen LogP contribution in [0.4, 0.5) is 0 Å². The highest BCUT2D eigenvalue weighted by molar-refractivity contribution is 14.1. The van der Waals surface area contributed by atoms with Crippen molar-refractivity contribution in [3.05, 3.63) is 16.0 Å². The van der Waals surface area contributed by atoms with E-state index in [1.54, 1.807) is 10.9 Å². The summed E-state index contributed by atoms with van der Waals surface area (Å²) in [6.45, 7) is 3.45. The minimum Gasteiger partial charge on any atom is -0.356 e. The van der Waals surface area contributed by atoms with E-state index in [9.17, 15) is 4.79 Å². The van der Waals surface area contributed by atoms with Gasteiger partial charge in [0.15, 0.2) is 0 Å². The molecule has 0 aliphatic heterocycles. The zero-order chi connectivity index (χ0) is 10.4. The van der Waals surface area contributed by atoms with Crippen LogP contribution in [0.5, 0.6) is 0 Å². The van der Waals surface area contributed by atoms with E-state index >= 15 is 0 Å². The van der Waals surface area contributed by atoms with E-state index in [-0.39, 0.29) is 5.91 Å². The number of nitrogens with one attached hydrogen (secondary N) is 1. The summed E-state index contributed by atoms with van der Waals surface area (Å²) in [6, 6.07) is 0. The van der Waals surface area contributed by atoms with E-state index in [4.69, 9.17) is 0 Å². The normalized spacial score (nSPS) is 10.1. The standard InChI is InChI=1S/C9H14IN3O/c1-2-4-11-9(14)3-5-13-7-8(10)6-12-13/h6-7H,2-5H2,1H3,(H,11,14). The third-order valence-corrected chi connectivity index (χ3v) is 2.30. The molecular formula is C9H14IN3O. The Bertz CT molecular complexity index is 298. The fraction of sp³-hybridized carbons (Fsp3) is 0.556. The van der Waals surface area contributed by atoms with Gasteiger partial charge in [-0.1, -0.05) is 6.92 Å². The molecule has 0 atom stereocenters. The van der Waals surface area contributed by atoms with Crippen molar-refractivity contribution in [3.63, 3.8) is 0 Å². The molecule has 1 aromatic heterocycles. The smallest absolute Gasteiger partial charge is 0.221 e. The monoisotopic (exact) mass is 307 g/mol. The second kappa shape index (κ2) is 6.00. The Morgan fingerprint density at radius 1 is 1.71 bits per heavy atom. The average Bonchev–Trinajstić information content (AvgIpc) is 2.58. The van der Waals surface area contributed by atoms with Gasteiger partial charge in [0.05, 0.1) is 9.77 Å². The lowest BCUT2D eigenvalue weighted by atomic mass is 10.4. The zero-order valence-electron chi connectivity index (χ0n) is 8.16. The number of aryl methyl sites for hydroxylation is 1. The minimum absolute atomic E-state index is 0.0948. The number of aromatic nitrogens is 2. The Kier molecular flexibility index (Phi) is 4.92. The highest BCUT2D eigenvalue weighted by Gasteiger charge is 2.01. The summed E-state index contributed by atoms with van der Waals surface area (Å²) in [5.41, 5.74) is 0. The Morgan fingerprint density at radius 2 is 2.50 bits per heavy atom. The van der Waals surface area contributed by atoms with Gasteiger partial charge in [-0.25, -0.2) is 0 Å². The second-order valence-corrected chi connectivity index (χ2v) is 4.27. The predicted molar refractivity (Wildman–Crippen MR) is 62.9 cm³/mol. The summed E-state index contributed by atoms with van der Waals surface area (Å²) in [4.78, 5) is 11.2. The quantitative estimate of drug-likeness (QED) is 0.836. The molecule has 1 rings (SSSR count). The first-order valence-corrected chi connectivity index (χ1v) is 5.75. The summed E-state index contributed by atoms with van der Waals surface area (Å²) in [6.07, 6.45) is 5.18. The van der Waals surface area contributed by atoms with Crippen LogP contribution in [0.2, 0.25) is 0 Å². The van der Waals surface area contributed by atoms with Crippen molar-refractivity contribution in [2.45, 2.75) is 26.3 Å². The molecule has 0 radical (unpaired) electrons. The first-order chi connectivity index (χ1) is 6.72. The highest BCUT2D eigenvalue weighted by Crippen LogP contribution is 2.01.